The fraction of sp³-hybridized carbons (Fsp3) is 0.321. The molecule has 0 saturated carbocycles. The van der Waals surface area contributed by atoms with E-state index in [1.807, 2.05) is 30.3 Å². The van der Waals surface area contributed by atoms with Crippen LogP contribution in [0.4, 0.5) is 17.1 Å². The number of benzene rings is 3. The Morgan fingerprint density at radius 3 is 2.24 bits per heavy atom. The number of fused-ring (bicyclic) bond motifs is 1. The number of anilines is 3. The van der Waals surface area contributed by atoms with E-state index in [-0.39, 0.29) is 21.8 Å². The lowest BCUT2D eigenvalue weighted by Crippen LogP contribution is -2.15. The second-order valence-electron chi connectivity index (χ2n) is 9.29. The fourth-order valence-electron chi connectivity index (χ4n) is 3.90. The van der Waals surface area contributed by atoms with Crippen molar-refractivity contribution in [3.8, 4) is 5.75 Å². The Hall–Kier alpha value is -2.92. The third-order valence-corrected chi connectivity index (χ3v) is 7.00. The van der Waals surface area contributed by atoms with E-state index in [0.29, 0.717) is 5.82 Å². The molecule has 3 rings (SSSR count). The van der Waals surface area contributed by atoms with Gasteiger partial charge in [-0.3, -0.25) is 0 Å². The first-order chi connectivity index (χ1) is 15.6. The van der Waals surface area contributed by atoms with Gasteiger partial charge in [0.1, 0.15) is 11.6 Å². The van der Waals surface area contributed by atoms with Crippen molar-refractivity contribution in [2.24, 2.45) is 0 Å². The Balaban J connectivity index is 1.97. The standard InChI is InChI=1S/C28H37N3OS/c1-8-16-33(7)31-26-18-20(28(4,5)6)17-25(21(26)9-2)30-19(3)29-24-14-15-27(32)23-13-11-10-12-22(23)24/h10-18,29-32H,3,8-9H2,1-2,4-7H3. The molecule has 33 heavy (non-hydrogen) atoms. The predicted molar refractivity (Wildman–Crippen MR) is 150 cm³/mol. The third-order valence-electron chi connectivity index (χ3n) is 5.63. The molecule has 5 heteroatoms. The number of rotatable bonds is 8. The molecule has 3 aromatic rings. The molecule has 0 aromatic heterocycles. The molecular formula is C28H37N3OS. The van der Waals surface area contributed by atoms with E-state index in [9.17, 15) is 5.11 Å². The Morgan fingerprint density at radius 1 is 0.970 bits per heavy atom. The highest BCUT2D eigenvalue weighted by Crippen LogP contribution is 2.36. The van der Waals surface area contributed by atoms with Crippen LogP contribution in [0, 0.1) is 0 Å². The molecule has 0 aliphatic rings. The largest absolute Gasteiger partial charge is 0.507 e. The van der Waals surface area contributed by atoms with Gasteiger partial charge in [0.25, 0.3) is 0 Å². The van der Waals surface area contributed by atoms with Crippen molar-refractivity contribution in [1.82, 2.24) is 0 Å². The minimum atomic E-state index is -0.00293. The Labute approximate surface area is 201 Å². The van der Waals surface area contributed by atoms with Crippen LogP contribution in [0.15, 0.2) is 60.9 Å². The van der Waals surface area contributed by atoms with Gasteiger partial charge in [-0.25, -0.2) is 0 Å². The van der Waals surface area contributed by atoms with Crippen molar-refractivity contribution < 1.29 is 5.11 Å². The summed E-state index contributed by atoms with van der Waals surface area (Å²) >= 11 is 0. The summed E-state index contributed by atoms with van der Waals surface area (Å²) in [6, 6.07) is 15.9. The molecule has 176 valence electrons. The molecule has 4 nitrogen and oxygen atoms in total. The molecular weight excluding hydrogens is 426 g/mol. The van der Waals surface area contributed by atoms with E-state index in [1.165, 1.54) is 16.8 Å². The van der Waals surface area contributed by atoms with Crippen molar-refractivity contribution in [2.45, 2.75) is 52.9 Å². The second kappa shape index (κ2) is 10.3. The molecule has 1 atom stereocenters. The van der Waals surface area contributed by atoms with Crippen molar-refractivity contribution in [2.75, 3.05) is 21.6 Å². The molecule has 0 saturated heterocycles. The van der Waals surface area contributed by atoms with Crippen LogP contribution in [0.5, 0.6) is 5.75 Å². The minimum absolute atomic E-state index is 0.00293. The van der Waals surface area contributed by atoms with Gasteiger partial charge in [0.2, 0.25) is 0 Å². The van der Waals surface area contributed by atoms with Gasteiger partial charge < -0.3 is 20.5 Å². The van der Waals surface area contributed by atoms with Gasteiger partial charge in [-0.2, -0.15) is 0 Å². The molecule has 0 radical (unpaired) electrons. The lowest BCUT2D eigenvalue weighted by Gasteiger charge is -2.26. The molecule has 0 aliphatic carbocycles. The molecule has 0 amide bonds. The maximum absolute atomic E-state index is 10.2. The van der Waals surface area contributed by atoms with Gasteiger partial charge in [-0.05, 0) is 65.3 Å². The summed E-state index contributed by atoms with van der Waals surface area (Å²) in [5.74, 6) is 0.962. The number of phenols is 1. The highest BCUT2D eigenvalue weighted by molar-refractivity contribution is 8.15. The van der Waals surface area contributed by atoms with Gasteiger partial charge in [0, 0.05) is 27.8 Å². The highest BCUT2D eigenvalue weighted by atomic mass is 32.2. The number of hydrogen-bond acceptors (Lipinski definition) is 4. The highest BCUT2D eigenvalue weighted by Gasteiger charge is 2.19. The van der Waals surface area contributed by atoms with Crippen LogP contribution in [0.2, 0.25) is 0 Å². The molecule has 0 spiro atoms. The number of aromatic hydroxyl groups is 1. The third kappa shape index (κ3) is 5.91. The first-order valence-electron chi connectivity index (χ1n) is 11.5. The maximum atomic E-state index is 10.2. The molecule has 4 N–H and O–H groups in total. The van der Waals surface area contributed by atoms with Crippen molar-refractivity contribution in [1.29, 1.82) is 0 Å². The van der Waals surface area contributed by atoms with E-state index in [0.717, 1.165) is 35.0 Å². The smallest absolute Gasteiger partial charge is 0.123 e. The van der Waals surface area contributed by atoms with E-state index >= 15 is 0 Å². The molecule has 0 fully saturated rings. The lowest BCUT2D eigenvalue weighted by atomic mass is 9.85. The van der Waals surface area contributed by atoms with Gasteiger partial charge in [-0.15, -0.1) is 10.7 Å². The number of phenolic OH excluding ortho intramolecular Hbond substituents is 1. The maximum Gasteiger partial charge on any atom is 0.123 e. The SMILES string of the molecule is C=C(Nc1cc(C(C)(C)C)cc(NS(C)=CCC)c1CC)Nc1ccc(O)c2ccccc12. The van der Waals surface area contributed by atoms with Crippen LogP contribution in [-0.4, -0.2) is 16.7 Å². The first-order valence-corrected chi connectivity index (χ1v) is 13.2. The van der Waals surface area contributed by atoms with Gasteiger partial charge >= 0.3 is 0 Å². The van der Waals surface area contributed by atoms with Crippen LogP contribution in [0.3, 0.4) is 0 Å². The molecule has 0 heterocycles. The second-order valence-corrected chi connectivity index (χ2v) is 10.9. The zero-order valence-corrected chi connectivity index (χ0v) is 21.5. The zero-order valence-electron chi connectivity index (χ0n) is 20.7. The summed E-state index contributed by atoms with van der Waals surface area (Å²) < 4.78 is 3.72. The average molecular weight is 464 g/mol. The summed E-state index contributed by atoms with van der Waals surface area (Å²) in [5, 5.41) is 21.2. The van der Waals surface area contributed by atoms with Crippen LogP contribution in [0.1, 0.15) is 52.2 Å². The van der Waals surface area contributed by atoms with Crippen LogP contribution >= 0.6 is 10.7 Å². The van der Waals surface area contributed by atoms with E-state index in [2.05, 4.69) is 80.3 Å². The summed E-state index contributed by atoms with van der Waals surface area (Å²) in [6.07, 6.45) is 4.16. The van der Waals surface area contributed by atoms with Crippen LogP contribution < -0.4 is 15.4 Å². The van der Waals surface area contributed by atoms with Gasteiger partial charge in [-0.1, -0.05) is 65.5 Å². The summed E-state index contributed by atoms with van der Waals surface area (Å²) in [6.45, 7) is 15.3. The monoisotopic (exact) mass is 463 g/mol. The van der Waals surface area contributed by atoms with E-state index < -0.39 is 0 Å². The van der Waals surface area contributed by atoms with E-state index in [4.69, 9.17) is 0 Å². The quantitative estimate of drug-likeness (QED) is 0.203. The van der Waals surface area contributed by atoms with Crippen LogP contribution in [-0.2, 0) is 11.8 Å². The lowest BCUT2D eigenvalue weighted by molar-refractivity contribution is 0.481. The van der Waals surface area contributed by atoms with Crippen molar-refractivity contribution in [3.05, 3.63) is 72.1 Å². The Kier molecular flexibility index (Phi) is 7.75. The normalized spacial score (nSPS) is 12.5. The van der Waals surface area contributed by atoms with Gasteiger partial charge in [0.05, 0.1) is 0 Å². The van der Waals surface area contributed by atoms with E-state index in [1.54, 1.807) is 6.07 Å². The molecule has 1 unspecified atom stereocenters. The van der Waals surface area contributed by atoms with Crippen LogP contribution in [0.25, 0.3) is 10.8 Å². The number of hydrogen-bond donors (Lipinski definition) is 4. The molecule has 0 aliphatic heterocycles. The van der Waals surface area contributed by atoms with Gasteiger partial charge in [0.15, 0.2) is 0 Å². The van der Waals surface area contributed by atoms with Crippen molar-refractivity contribution in [3.63, 3.8) is 0 Å². The Bertz CT molecular complexity index is 1190. The summed E-state index contributed by atoms with van der Waals surface area (Å²) in [4.78, 5) is 0. The Morgan fingerprint density at radius 2 is 1.61 bits per heavy atom. The summed E-state index contributed by atoms with van der Waals surface area (Å²) in [5.41, 5.74) is 5.65. The predicted octanol–water partition coefficient (Wildman–Crippen LogP) is 7.84. The molecule has 0 bridgehead atoms. The summed E-state index contributed by atoms with van der Waals surface area (Å²) in [7, 11) is -0.00293. The molecule has 3 aromatic carbocycles. The first kappa shape index (κ1) is 24.7. The zero-order chi connectivity index (χ0) is 24.2. The topological polar surface area (TPSA) is 56.3 Å². The fourth-order valence-corrected chi connectivity index (χ4v) is 5.01. The minimum Gasteiger partial charge on any atom is -0.507 e. The van der Waals surface area contributed by atoms with Crippen molar-refractivity contribution >= 4 is 43.9 Å². The average Bonchev–Trinajstić information content (AvgIpc) is 2.75. The number of nitrogens with one attached hydrogen (secondary N) is 3.